The van der Waals surface area contributed by atoms with Crippen LogP contribution < -0.4 is 0 Å². The molecule has 0 heterocycles. The molecule has 0 fully saturated rings. The fourth-order valence-corrected chi connectivity index (χ4v) is 2.45. The van der Waals surface area contributed by atoms with E-state index >= 15 is 0 Å². The van der Waals surface area contributed by atoms with E-state index in [1.165, 1.54) is 0 Å². The lowest BCUT2D eigenvalue weighted by atomic mass is 10.2. The maximum absolute atomic E-state index is 2.39. The van der Waals surface area contributed by atoms with E-state index in [0.717, 1.165) is 11.2 Å². The van der Waals surface area contributed by atoms with Crippen LogP contribution in [0.4, 0.5) is 0 Å². The Morgan fingerprint density at radius 1 is 0.889 bits per heavy atom. The van der Waals surface area contributed by atoms with E-state index in [-0.39, 0.29) is 10.0 Å². The highest BCUT2D eigenvalue weighted by molar-refractivity contribution is 8.32. The summed E-state index contributed by atoms with van der Waals surface area (Å²) in [6.45, 7) is 6.98. The van der Waals surface area contributed by atoms with E-state index in [9.17, 15) is 0 Å². The second-order valence-electron chi connectivity index (χ2n) is 3.88. The van der Waals surface area contributed by atoms with Gasteiger partial charge in [-0.05, 0) is 29.9 Å². The molecule has 0 aromatic rings. The second kappa shape index (κ2) is 2.96. The smallest absolute Gasteiger partial charge is 0.0124 e. The third-order valence-corrected chi connectivity index (χ3v) is 4.83. The van der Waals surface area contributed by atoms with Crippen LogP contribution in [0.1, 0.15) is 20.8 Å². The first-order chi connectivity index (χ1) is 3.85. The van der Waals surface area contributed by atoms with Crippen LogP contribution in [0.15, 0.2) is 0 Å². The standard InChI is InChI=1S/C8H20S/c1-7(2)8(3)9(4,5)6/h7-8H,1-6H3. The minimum atomic E-state index is -0.302. The summed E-state index contributed by atoms with van der Waals surface area (Å²) >= 11 is 0. The first kappa shape index (κ1) is 9.35. The van der Waals surface area contributed by atoms with Gasteiger partial charge >= 0.3 is 0 Å². The predicted octanol–water partition coefficient (Wildman–Crippen LogP) is 2.72. The molecule has 0 saturated carbocycles. The lowest BCUT2D eigenvalue weighted by Crippen LogP contribution is -2.17. The monoisotopic (exact) mass is 148 g/mol. The Morgan fingerprint density at radius 3 is 1.22 bits per heavy atom. The topological polar surface area (TPSA) is 0 Å². The Labute approximate surface area is 61.4 Å². The van der Waals surface area contributed by atoms with Gasteiger partial charge in [0, 0.05) is 0 Å². The molecule has 0 amide bonds. The van der Waals surface area contributed by atoms with Gasteiger partial charge < -0.3 is 0 Å². The molecule has 0 aliphatic rings. The van der Waals surface area contributed by atoms with Crippen LogP contribution in [0.2, 0.25) is 0 Å². The quantitative estimate of drug-likeness (QED) is 0.565. The molecule has 0 spiro atoms. The number of rotatable bonds is 2. The van der Waals surface area contributed by atoms with Gasteiger partial charge in [0.05, 0.1) is 0 Å². The van der Waals surface area contributed by atoms with Gasteiger partial charge in [0.1, 0.15) is 0 Å². The van der Waals surface area contributed by atoms with Crippen LogP contribution in [0.5, 0.6) is 0 Å². The Bertz CT molecular complexity index is 79.1. The SMILES string of the molecule is CC(C)C(C)S(C)(C)C. The molecule has 1 unspecified atom stereocenters. The van der Waals surface area contributed by atoms with Gasteiger partial charge in [-0.1, -0.05) is 20.8 Å². The molecule has 1 heteroatoms. The zero-order chi connectivity index (χ0) is 7.65. The van der Waals surface area contributed by atoms with E-state index in [1.807, 2.05) is 0 Å². The minimum Gasteiger partial charge on any atom is -0.247 e. The van der Waals surface area contributed by atoms with E-state index in [2.05, 4.69) is 39.5 Å². The maximum Gasteiger partial charge on any atom is -0.0124 e. The summed E-state index contributed by atoms with van der Waals surface area (Å²) in [5.74, 6) is 0.847. The highest BCUT2D eigenvalue weighted by Gasteiger charge is 2.17. The third kappa shape index (κ3) is 3.14. The highest BCUT2D eigenvalue weighted by Crippen LogP contribution is 2.43. The third-order valence-electron chi connectivity index (χ3n) is 2.05. The molecule has 0 aromatic carbocycles. The summed E-state index contributed by atoms with van der Waals surface area (Å²) in [7, 11) is -0.302. The number of hydrogen-bond donors (Lipinski definition) is 0. The van der Waals surface area contributed by atoms with E-state index in [1.54, 1.807) is 0 Å². The van der Waals surface area contributed by atoms with Crippen molar-refractivity contribution in [1.82, 2.24) is 0 Å². The Balaban J connectivity index is 3.88. The van der Waals surface area contributed by atoms with E-state index < -0.39 is 0 Å². The molecule has 0 aromatic heterocycles. The fraction of sp³-hybridized carbons (Fsp3) is 1.00. The Kier molecular flexibility index (Phi) is 3.07. The highest BCUT2D eigenvalue weighted by atomic mass is 32.3. The zero-order valence-corrected chi connectivity index (χ0v) is 8.38. The molecule has 0 bridgehead atoms. The summed E-state index contributed by atoms with van der Waals surface area (Å²) in [6.07, 6.45) is 7.16. The molecule has 9 heavy (non-hydrogen) atoms. The molecule has 0 saturated heterocycles. The van der Waals surface area contributed by atoms with Gasteiger partial charge in [0.2, 0.25) is 0 Å². The Morgan fingerprint density at radius 2 is 1.22 bits per heavy atom. The van der Waals surface area contributed by atoms with Crippen molar-refractivity contribution in [2.75, 3.05) is 18.8 Å². The summed E-state index contributed by atoms with van der Waals surface area (Å²) < 4.78 is 0. The molecule has 0 aliphatic carbocycles. The van der Waals surface area contributed by atoms with Gasteiger partial charge in [-0.3, -0.25) is 0 Å². The van der Waals surface area contributed by atoms with Crippen molar-refractivity contribution in [3.05, 3.63) is 0 Å². The molecule has 1 atom stereocenters. The first-order valence-electron chi connectivity index (χ1n) is 3.53. The van der Waals surface area contributed by atoms with Crippen LogP contribution in [-0.4, -0.2) is 24.0 Å². The van der Waals surface area contributed by atoms with Crippen molar-refractivity contribution in [3.8, 4) is 0 Å². The summed E-state index contributed by atoms with van der Waals surface area (Å²) in [5, 5.41) is 0.900. The van der Waals surface area contributed by atoms with Gasteiger partial charge in [0.15, 0.2) is 0 Å². The van der Waals surface area contributed by atoms with Gasteiger partial charge in [-0.2, -0.15) is 0 Å². The average molecular weight is 148 g/mol. The lowest BCUT2D eigenvalue weighted by molar-refractivity contribution is 0.637. The van der Waals surface area contributed by atoms with Gasteiger partial charge in [-0.15, -0.1) is 0 Å². The summed E-state index contributed by atoms with van der Waals surface area (Å²) in [4.78, 5) is 0. The van der Waals surface area contributed by atoms with Gasteiger partial charge in [0.25, 0.3) is 0 Å². The molecule has 0 radical (unpaired) electrons. The van der Waals surface area contributed by atoms with Crippen molar-refractivity contribution in [3.63, 3.8) is 0 Å². The van der Waals surface area contributed by atoms with Crippen molar-refractivity contribution in [2.24, 2.45) is 5.92 Å². The van der Waals surface area contributed by atoms with E-state index in [4.69, 9.17) is 0 Å². The maximum atomic E-state index is 2.39. The zero-order valence-electron chi connectivity index (χ0n) is 7.56. The molecular formula is C8H20S. The van der Waals surface area contributed by atoms with Crippen LogP contribution >= 0.6 is 10.0 Å². The lowest BCUT2D eigenvalue weighted by Gasteiger charge is -2.36. The second-order valence-corrected chi connectivity index (χ2v) is 8.49. The summed E-state index contributed by atoms with van der Waals surface area (Å²) in [5.41, 5.74) is 0. The minimum absolute atomic E-state index is 0.302. The normalized spacial score (nSPS) is 18.1. The largest absolute Gasteiger partial charge is 0.247 e. The molecule has 0 aliphatic heterocycles. The van der Waals surface area contributed by atoms with Crippen LogP contribution in [-0.2, 0) is 0 Å². The van der Waals surface area contributed by atoms with Crippen LogP contribution in [0.3, 0.4) is 0 Å². The van der Waals surface area contributed by atoms with Gasteiger partial charge in [-0.25, -0.2) is 10.0 Å². The van der Waals surface area contributed by atoms with Crippen molar-refractivity contribution < 1.29 is 0 Å². The molecule has 0 nitrogen and oxygen atoms in total. The summed E-state index contributed by atoms with van der Waals surface area (Å²) in [6, 6.07) is 0. The molecule has 0 rings (SSSR count). The predicted molar refractivity (Wildman–Crippen MR) is 49.7 cm³/mol. The molecule has 58 valence electrons. The number of hydrogen-bond acceptors (Lipinski definition) is 0. The van der Waals surface area contributed by atoms with E-state index in [0.29, 0.717) is 0 Å². The molecular weight excluding hydrogens is 128 g/mol. The van der Waals surface area contributed by atoms with Crippen molar-refractivity contribution in [1.29, 1.82) is 0 Å². The van der Waals surface area contributed by atoms with Crippen molar-refractivity contribution >= 4 is 10.0 Å². The average Bonchev–Trinajstić information content (AvgIpc) is 1.62. The Hall–Kier alpha value is 0.350. The van der Waals surface area contributed by atoms with Crippen LogP contribution in [0.25, 0.3) is 0 Å². The molecule has 0 N–H and O–H groups in total. The first-order valence-corrected chi connectivity index (χ1v) is 6.45. The van der Waals surface area contributed by atoms with Crippen molar-refractivity contribution in [2.45, 2.75) is 26.0 Å². The van der Waals surface area contributed by atoms with Crippen LogP contribution in [0, 0.1) is 5.92 Å². The fourth-order valence-electron chi connectivity index (χ4n) is 0.816.